The number of amidine groups is 1. The normalized spacial score (nSPS) is 15.2. The molecule has 0 saturated carbocycles. The van der Waals surface area contributed by atoms with Crippen molar-refractivity contribution >= 4 is 23.5 Å². The zero-order valence-corrected chi connectivity index (χ0v) is 14.9. The van der Waals surface area contributed by atoms with Gasteiger partial charge < -0.3 is 10.2 Å². The van der Waals surface area contributed by atoms with Crippen molar-refractivity contribution in [3.8, 4) is 0 Å². The lowest BCUT2D eigenvalue weighted by atomic mass is 10.1. The van der Waals surface area contributed by atoms with Crippen LogP contribution in [-0.2, 0) is 11.2 Å². The summed E-state index contributed by atoms with van der Waals surface area (Å²) in [6.07, 6.45) is 3.42. The van der Waals surface area contributed by atoms with Gasteiger partial charge in [0.05, 0.1) is 0 Å². The van der Waals surface area contributed by atoms with E-state index in [0.29, 0.717) is 5.70 Å². The molecular weight excluding hydrogens is 310 g/mol. The summed E-state index contributed by atoms with van der Waals surface area (Å²) in [6.45, 7) is 2.08. The van der Waals surface area contributed by atoms with Crippen molar-refractivity contribution in [1.29, 1.82) is 0 Å². The third-order valence-corrected chi connectivity index (χ3v) is 4.23. The molecule has 0 radical (unpaired) electrons. The highest BCUT2D eigenvalue weighted by molar-refractivity contribution is 6.14. The fraction of sp³-hybridized carbons (Fsp3) is 0.238. The fourth-order valence-electron chi connectivity index (χ4n) is 2.68. The lowest BCUT2D eigenvalue weighted by Gasteiger charge is -2.11. The number of benzene rings is 2. The number of amides is 1. The molecule has 1 aliphatic rings. The number of aliphatic imine (C=N–C) groups is 1. The molecule has 2 aromatic carbocycles. The van der Waals surface area contributed by atoms with E-state index in [-0.39, 0.29) is 5.91 Å². The van der Waals surface area contributed by atoms with E-state index in [2.05, 4.69) is 41.5 Å². The van der Waals surface area contributed by atoms with Crippen LogP contribution in [0.1, 0.15) is 23.1 Å². The van der Waals surface area contributed by atoms with Crippen molar-refractivity contribution in [2.45, 2.75) is 19.8 Å². The van der Waals surface area contributed by atoms with Gasteiger partial charge in [-0.1, -0.05) is 42.0 Å². The monoisotopic (exact) mass is 333 g/mol. The molecule has 1 N–H and O–H groups in total. The highest BCUT2D eigenvalue weighted by Crippen LogP contribution is 2.17. The van der Waals surface area contributed by atoms with E-state index < -0.39 is 0 Å². The van der Waals surface area contributed by atoms with Crippen molar-refractivity contribution in [1.82, 2.24) is 5.32 Å². The maximum atomic E-state index is 12.1. The molecule has 0 bridgehead atoms. The van der Waals surface area contributed by atoms with Crippen LogP contribution in [0.15, 0.2) is 59.2 Å². The van der Waals surface area contributed by atoms with E-state index >= 15 is 0 Å². The van der Waals surface area contributed by atoms with E-state index in [1.54, 1.807) is 0 Å². The molecular formula is C21H23N3O. The van der Waals surface area contributed by atoms with E-state index in [1.165, 1.54) is 11.1 Å². The number of aryl methyl sites for hydroxylation is 2. The molecule has 2 aromatic rings. The molecule has 128 valence electrons. The van der Waals surface area contributed by atoms with Crippen molar-refractivity contribution in [2.75, 3.05) is 19.0 Å². The molecule has 25 heavy (non-hydrogen) atoms. The first-order chi connectivity index (χ1) is 12.0. The molecule has 4 heteroatoms. The summed E-state index contributed by atoms with van der Waals surface area (Å²) in [6, 6.07) is 16.5. The first-order valence-corrected chi connectivity index (χ1v) is 8.45. The SMILES string of the molecule is Cc1ccc(CCC2=N/C(=C/c3ccc(N(C)C)cc3)C(=O)N2)cc1. The minimum absolute atomic E-state index is 0.129. The van der Waals surface area contributed by atoms with E-state index in [9.17, 15) is 4.79 Å². The van der Waals surface area contributed by atoms with Crippen LogP contribution in [0.2, 0.25) is 0 Å². The van der Waals surface area contributed by atoms with Crippen LogP contribution in [0.4, 0.5) is 5.69 Å². The Hall–Kier alpha value is -2.88. The summed E-state index contributed by atoms with van der Waals surface area (Å²) in [5.74, 6) is 0.609. The number of rotatable bonds is 5. The highest BCUT2D eigenvalue weighted by atomic mass is 16.2. The Morgan fingerprint density at radius 2 is 1.68 bits per heavy atom. The third-order valence-electron chi connectivity index (χ3n) is 4.23. The molecule has 0 atom stereocenters. The summed E-state index contributed by atoms with van der Waals surface area (Å²) < 4.78 is 0. The maximum absolute atomic E-state index is 12.1. The average molecular weight is 333 g/mol. The Morgan fingerprint density at radius 3 is 2.32 bits per heavy atom. The Balaban J connectivity index is 1.67. The van der Waals surface area contributed by atoms with Crippen LogP contribution in [0.3, 0.4) is 0 Å². The predicted octanol–water partition coefficient (Wildman–Crippen LogP) is 3.56. The van der Waals surface area contributed by atoms with Gasteiger partial charge in [0.2, 0.25) is 0 Å². The van der Waals surface area contributed by atoms with E-state index in [4.69, 9.17) is 0 Å². The molecule has 1 aliphatic heterocycles. The molecule has 0 aromatic heterocycles. The van der Waals surface area contributed by atoms with E-state index in [1.807, 2.05) is 49.3 Å². The molecule has 0 fully saturated rings. The van der Waals surface area contributed by atoms with Crippen molar-refractivity contribution in [2.24, 2.45) is 4.99 Å². The summed E-state index contributed by atoms with van der Waals surface area (Å²) in [5.41, 5.74) is 5.07. The van der Waals surface area contributed by atoms with Gasteiger partial charge >= 0.3 is 0 Å². The number of nitrogens with zero attached hydrogens (tertiary/aromatic N) is 2. The minimum Gasteiger partial charge on any atom is -0.378 e. The maximum Gasteiger partial charge on any atom is 0.275 e. The van der Waals surface area contributed by atoms with Crippen LogP contribution < -0.4 is 10.2 Å². The van der Waals surface area contributed by atoms with Crippen LogP contribution in [0, 0.1) is 6.92 Å². The first-order valence-electron chi connectivity index (χ1n) is 8.45. The summed E-state index contributed by atoms with van der Waals surface area (Å²) in [4.78, 5) is 18.6. The van der Waals surface area contributed by atoms with Gasteiger partial charge in [-0.3, -0.25) is 4.79 Å². The van der Waals surface area contributed by atoms with Gasteiger partial charge in [0.1, 0.15) is 11.5 Å². The average Bonchev–Trinajstić information content (AvgIpc) is 2.94. The zero-order chi connectivity index (χ0) is 17.8. The summed E-state index contributed by atoms with van der Waals surface area (Å²) >= 11 is 0. The predicted molar refractivity (Wildman–Crippen MR) is 104 cm³/mol. The molecule has 1 amide bonds. The smallest absolute Gasteiger partial charge is 0.275 e. The fourth-order valence-corrected chi connectivity index (χ4v) is 2.68. The molecule has 0 saturated heterocycles. The second-order valence-corrected chi connectivity index (χ2v) is 6.51. The van der Waals surface area contributed by atoms with Gasteiger partial charge in [-0.15, -0.1) is 0 Å². The second-order valence-electron chi connectivity index (χ2n) is 6.51. The number of hydrogen-bond donors (Lipinski definition) is 1. The van der Waals surface area contributed by atoms with Gasteiger partial charge in [-0.25, -0.2) is 4.99 Å². The Kier molecular flexibility index (Phi) is 4.98. The van der Waals surface area contributed by atoms with Crippen LogP contribution in [-0.4, -0.2) is 25.8 Å². The molecule has 0 unspecified atom stereocenters. The van der Waals surface area contributed by atoms with E-state index in [0.717, 1.165) is 29.9 Å². The van der Waals surface area contributed by atoms with Crippen LogP contribution in [0.25, 0.3) is 6.08 Å². The van der Waals surface area contributed by atoms with Crippen molar-refractivity contribution in [3.05, 3.63) is 70.9 Å². The van der Waals surface area contributed by atoms with Gasteiger partial charge in [-0.05, 0) is 42.7 Å². The molecule has 0 spiro atoms. The second kappa shape index (κ2) is 7.34. The summed E-state index contributed by atoms with van der Waals surface area (Å²) in [7, 11) is 4.00. The highest BCUT2D eigenvalue weighted by Gasteiger charge is 2.19. The van der Waals surface area contributed by atoms with Crippen LogP contribution >= 0.6 is 0 Å². The summed E-state index contributed by atoms with van der Waals surface area (Å²) in [5, 5.41) is 2.87. The largest absolute Gasteiger partial charge is 0.378 e. The Labute approximate surface area is 148 Å². The van der Waals surface area contributed by atoms with Gasteiger partial charge in [0.25, 0.3) is 5.91 Å². The number of carbonyl (C=O) groups is 1. The number of anilines is 1. The first kappa shape index (κ1) is 17.0. The Morgan fingerprint density at radius 1 is 1.00 bits per heavy atom. The van der Waals surface area contributed by atoms with Crippen molar-refractivity contribution in [3.63, 3.8) is 0 Å². The van der Waals surface area contributed by atoms with Gasteiger partial charge in [0, 0.05) is 26.2 Å². The molecule has 0 aliphatic carbocycles. The quantitative estimate of drug-likeness (QED) is 0.850. The topological polar surface area (TPSA) is 44.7 Å². The van der Waals surface area contributed by atoms with Crippen LogP contribution in [0.5, 0.6) is 0 Å². The number of nitrogens with one attached hydrogen (secondary N) is 1. The van der Waals surface area contributed by atoms with Gasteiger partial charge in [0.15, 0.2) is 0 Å². The molecule has 3 rings (SSSR count). The van der Waals surface area contributed by atoms with Crippen molar-refractivity contribution < 1.29 is 4.79 Å². The van der Waals surface area contributed by atoms with Gasteiger partial charge in [-0.2, -0.15) is 0 Å². The number of carbonyl (C=O) groups excluding carboxylic acids is 1. The zero-order valence-electron chi connectivity index (χ0n) is 14.9. The minimum atomic E-state index is -0.129. The molecule has 1 heterocycles. The molecule has 4 nitrogen and oxygen atoms in total. The standard InChI is InChI=1S/C21H23N3O/c1-15-4-6-16(7-5-15)10-13-20-22-19(21(25)23-20)14-17-8-11-18(12-9-17)24(2)3/h4-9,11-12,14H,10,13H2,1-3H3,(H,22,23,25)/b19-14+. The lowest BCUT2D eigenvalue weighted by molar-refractivity contribution is -0.115. The third kappa shape index (κ3) is 4.35. The number of hydrogen-bond acceptors (Lipinski definition) is 3. The Bertz CT molecular complexity index is 815. The lowest BCUT2D eigenvalue weighted by Crippen LogP contribution is -2.24.